The van der Waals surface area contributed by atoms with Crippen LogP contribution in [-0.4, -0.2) is 25.0 Å². The maximum absolute atomic E-state index is 13.0. The molecule has 0 aliphatic carbocycles. The van der Waals surface area contributed by atoms with Crippen LogP contribution in [-0.2, 0) is 0 Å². The minimum absolute atomic E-state index is 0.203. The largest absolute Gasteiger partial charge is 0.384 e. The lowest BCUT2D eigenvalue weighted by molar-refractivity contribution is 0.100. The SMILES string of the molecule is NC(=O)c1cc(F)ccc1NCCC1CCCN1. The molecule has 0 radical (unpaired) electrons. The smallest absolute Gasteiger partial charge is 0.250 e. The van der Waals surface area contributed by atoms with Crippen LogP contribution in [0.2, 0.25) is 0 Å². The average Bonchev–Trinajstić information content (AvgIpc) is 2.84. The lowest BCUT2D eigenvalue weighted by Gasteiger charge is -2.13. The minimum Gasteiger partial charge on any atom is -0.384 e. The van der Waals surface area contributed by atoms with Crippen LogP contribution in [0.5, 0.6) is 0 Å². The van der Waals surface area contributed by atoms with Crippen molar-refractivity contribution in [2.75, 3.05) is 18.4 Å². The quantitative estimate of drug-likeness (QED) is 0.742. The van der Waals surface area contributed by atoms with Gasteiger partial charge >= 0.3 is 0 Å². The number of rotatable bonds is 5. The standard InChI is InChI=1S/C13H18FN3O/c14-9-3-4-12(11(8-9)13(15)18)17-7-5-10-2-1-6-16-10/h3-4,8,10,16-17H,1-2,5-7H2,(H2,15,18). The molecule has 1 saturated heterocycles. The lowest BCUT2D eigenvalue weighted by atomic mass is 10.1. The van der Waals surface area contributed by atoms with E-state index < -0.39 is 11.7 Å². The van der Waals surface area contributed by atoms with Crippen LogP contribution in [0.4, 0.5) is 10.1 Å². The van der Waals surface area contributed by atoms with Crippen molar-refractivity contribution in [3.63, 3.8) is 0 Å². The molecular formula is C13H18FN3O. The van der Waals surface area contributed by atoms with Gasteiger partial charge in [-0.3, -0.25) is 4.79 Å². The average molecular weight is 251 g/mol. The molecule has 18 heavy (non-hydrogen) atoms. The lowest BCUT2D eigenvalue weighted by Crippen LogP contribution is -2.24. The second-order valence-electron chi connectivity index (χ2n) is 4.56. The van der Waals surface area contributed by atoms with Gasteiger partial charge in [-0.1, -0.05) is 0 Å². The monoisotopic (exact) mass is 251 g/mol. The fraction of sp³-hybridized carbons (Fsp3) is 0.462. The summed E-state index contributed by atoms with van der Waals surface area (Å²) in [5.74, 6) is -1.07. The predicted octanol–water partition coefficient (Wildman–Crippen LogP) is 1.48. The third-order valence-electron chi connectivity index (χ3n) is 3.22. The Labute approximate surface area is 106 Å². The Balaban J connectivity index is 1.93. The van der Waals surface area contributed by atoms with E-state index >= 15 is 0 Å². The van der Waals surface area contributed by atoms with Crippen LogP contribution in [0, 0.1) is 5.82 Å². The zero-order chi connectivity index (χ0) is 13.0. The van der Waals surface area contributed by atoms with Crippen LogP contribution in [0.3, 0.4) is 0 Å². The third-order valence-corrected chi connectivity index (χ3v) is 3.22. The van der Waals surface area contributed by atoms with Gasteiger partial charge in [-0.05, 0) is 44.0 Å². The molecule has 0 spiro atoms. The zero-order valence-electron chi connectivity index (χ0n) is 10.2. The number of primary amides is 1. The first-order valence-corrected chi connectivity index (χ1v) is 6.23. The van der Waals surface area contributed by atoms with Gasteiger partial charge in [0.1, 0.15) is 5.82 Å². The van der Waals surface area contributed by atoms with Gasteiger partial charge in [-0.25, -0.2) is 4.39 Å². The Hall–Kier alpha value is -1.62. The number of amides is 1. The van der Waals surface area contributed by atoms with Crippen molar-refractivity contribution >= 4 is 11.6 Å². The molecule has 5 heteroatoms. The van der Waals surface area contributed by atoms with Crippen molar-refractivity contribution in [3.8, 4) is 0 Å². The van der Waals surface area contributed by atoms with Crippen LogP contribution >= 0.6 is 0 Å². The van der Waals surface area contributed by atoms with Gasteiger partial charge in [0.15, 0.2) is 0 Å². The number of nitrogens with two attached hydrogens (primary N) is 1. The van der Waals surface area contributed by atoms with Crippen molar-refractivity contribution in [2.24, 2.45) is 5.73 Å². The van der Waals surface area contributed by atoms with E-state index in [9.17, 15) is 9.18 Å². The summed E-state index contributed by atoms with van der Waals surface area (Å²) in [4.78, 5) is 11.2. The Morgan fingerprint density at radius 1 is 1.56 bits per heavy atom. The molecule has 1 aliphatic rings. The van der Waals surface area contributed by atoms with E-state index in [-0.39, 0.29) is 5.56 Å². The van der Waals surface area contributed by atoms with E-state index in [0.29, 0.717) is 11.7 Å². The van der Waals surface area contributed by atoms with Gasteiger partial charge < -0.3 is 16.4 Å². The van der Waals surface area contributed by atoms with E-state index in [4.69, 9.17) is 5.73 Å². The summed E-state index contributed by atoms with van der Waals surface area (Å²) in [5.41, 5.74) is 6.02. The molecule has 1 fully saturated rings. The number of hydrogen-bond donors (Lipinski definition) is 3. The van der Waals surface area contributed by atoms with Crippen molar-refractivity contribution in [1.82, 2.24) is 5.32 Å². The maximum atomic E-state index is 13.0. The summed E-state index contributed by atoms with van der Waals surface area (Å²) in [6, 6.07) is 4.58. The van der Waals surface area contributed by atoms with E-state index in [1.165, 1.54) is 25.0 Å². The topological polar surface area (TPSA) is 67.2 Å². The van der Waals surface area contributed by atoms with E-state index in [0.717, 1.165) is 19.5 Å². The van der Waals surface area contributed by atoms with Gasteiger partial charge in [0, 0.05) is 18.3 Å². The highest BCUT2D eigenvalue weighted by molar-refractivity contribution is 5.98. The van der Waals surface area contributed by atoms with Crippen LogP contribution < -0.4 is 16.4 Å². The Morgan fingerprint density at radius 2 is 2.39 bits per heavy atom. The highest BCUT2D eigenvalue weighted by atomic mass is 19.1. The molecule has 1 aliphatic heterocycles. The van der Waals surface area contributed by atoms with E-state index in [1.54, 1.807) is 6.07 Å². The van der Waals surface area contributed by atoms with Crippen LogP contribution in [0.1, 0.15) is 29.6 Å². The van der Waals surface area contributed by atoms with Crippen LogP contribution in [0.15, 0.2) is 18.2 Å². The second kappa shape index (κ2) is 5.82. The molecule has 4 nitrogen and oxygen atoms in total. The number of benzene rings is 1. The normalized spacial score (nSPS) is 18.8. The highest BCUT2D eigenvalue weighted by Crippen LogP contribution is 2.17. The third kappa shape index (κ3) is 3.20. The number of carbonyl (C=O) groups is 1. The number of nitrogens with one attached hydrogen (secondary N) is 2. The highest BCUT2D eigenvalue weighted by Gasteiger charge is 2.14. The molecule has 2 rings (SSSR count). The molecule has 1 unspecified atom stereocenters. The predicted molar refractivity (Wildman–Crippen MR) is 69.0 cm³/mol. The van der Waals surface area contributed by atoms with E-state index in [2.05, 4.69) is 10.6 Å². The number of halogens is 1. The Bertz CT molecular complexity index is 430. The maximum Gasteiger partial charge on any atom is 0.250 e. The first-order valence-electron chi connectivity index (χ1n) is 6.23. The van der Waals surface area contributed by atoms with Gasteiger partial charge in [0.2, 0.25) is 0 Å². The second-order valence-corrected chi connectivity index (χ2v) is 4.56. The zero-order valence-corrected chi connectivity index (χ0v) is 10.2. The first kappa shape index (κ1) is 12.8. The first-order chi connectivity index (χ1) is 8.66. The molecule has 1 aromatic carbocycles. The van der Waals surface area contributed by atoms with Crippen molar-refractivity contribution in [1.29, 1.82) is 0 Å². The Morgan fingerprint density at radius 3 is 3.06 bits per heavy atom. The van der Waals surface area contributed by atoms with Crippen LogP contribution in [0.25, 0.3) is 0 Å². The molecule has 1 heterocycles. The molecule has 0 aromatic heterocycles. The molecule has 98 valence electrons. The molecule has 0 saturated carbocycles. The fourth-order valence-corrected chi connectivity index (χ4v) is 2.26. The van der Waals surface area contributed by atoms with Gasteiger partial charge in [-0.2, -0.15) is 0 Å². The van der Waals surface area contributed by atoms with Gasteiger partial charge in [-0.15, -0.1) is 0 Å². The molecular weight excluding hydrogens is 233 g/mol. The molecule has 1 atom stereocenters. The Kier molecular flexibility index (Phi) is 4.15. The van der Waals surface area contributed by atoms with Crippen molar-refractivity contribution in [3.05, 3.63) is 29.6 Å². The molecule has 4 N–H and O–H groups in total. The van der Waals surface area contributed by atoms with E-state index in [1.807, 2.05) is 0 Å². The molecule has 1 aromatic rings. The molecule has 0 bridgehead atoms. The fourth-order valence-electron chi connectivity index (χ4n) is 2.26. The summed E-state index contributed by atoms with van der Waals surface area (Å²) < 4.78 is 13.0. The summed E-state index contributed by atoms with van der Waals surface area (Å²) in [7, 11) is 0. The minimum atomic E-state index is -0.615. The summed E-state index contributed by atoms with van der Waals surface area (Å²) in [6.45, 7) is 1.82. The molecule has 1 amide bonds. The number of carbonyl (C=O) groups excluding carboxylic acids is 1. The van der Waals surface area contributed by atoms with Crippen molar-refractivity contribution in [2.45, 2.75) is 25.3 Å². The van der Waals surface area contributed by atoms with Crippen molar-refractivity contribution < 1.29 is 9.18 Å². The summed E-state index contributed by atoms with van der Waals surface area (Å²) >= 11 is 0. The number of anilines is 1. The van der Waals surface area contributed by atoms with Gasteiger partial charge in [0.05, 0.1) is 5.56 Å². The summed E-state index contributed by atoms with van der Waals surface area (Å²) in [5, 5.41) is 6.54. The number of hydrogen-bond acceptors (Lipinski definition) is 3. The van der Waals surface area contributed by atoms with Gasteiger partial charge in [0.25, 0.3) is 5.91 Å². The summed E-state index contributed by atoms with van der Waals surface area (Å²) in [6.07, 6.45) is 3.39.